The van der Waals surface area contributed by atoms with Gasteiger partial charge in [-0.05, 0) is 29.3 Å². The van der Waals surface area contributed by atoms with Crippen LogP contribution in [0.5, 0.6) is 0 Å². The summed E-state index contributed by atoms with van der Waals surface area (Å²) in [5.74, 6) is -1.35. The molecule has 0 aliphatic carbocycles. The van der Waals surface area contributed by atoms with Crippen molar-refractivity contribution in [2.24, 2.45) is 5.73 Å². The molecule has 1 atom stereocenters. The number of benzene rings is 2. The van der Waals surface area contributed by atoms with Gasteiger partial charge in [0.05, 0.1) is 12.0 Å². The Morgan fingerprint density at radius 3 is 2.35 bits per heavy atom. The number of halogens is 4. The standard InChI is InChI=1S/C18H16ClF3N2O2/c19-14-6-2-4-12(8-14)9-15(17(23)26)24-16(25)10-11-3-1-5-13(7-11)18(20,21)22/h1-8,15H,9-10H2,(H2,23,26)(H,24,25)/t15-/m0/s1. The lowest BCUT2D eigenvalue weighted by molar-refractivity contribution is -0.137. The molecule has 26 heavy (non-hydrogen) atoms. The molecule has 0 bridgehead atoms. The van der Waals surface area contributed by atoms with E-state index in [1.807, 2.05) is 0 Å². The van der Waals surface area contributed by atoms with Gasteiger partial charge in [0.25, 0.3) is 0 Å². The Bertz CT molecular complexity index is 809. The third-order valence-electron chi connectivity index (χ3n) is 3.63. The van der Waals surface area contributed by atoms with Gasteiger partial charge in [-0.3, -0.25) is 9.59 Å². The van der Waals surface area contributed by atoms with Crippen molar-refractivity contribution in [1.82, 2.24) is 5.32 Å². The van der Waals surface area contributed by atoms with Crippen LogP contribution >= 0.6 is 11.6 Å². The minimum atomic E-state index is -4.49. The van der Waals surface area contributed by atoms with Gasteiger partial charge in [0.2, 0.25) is 11.8 Å². The maximum absolute atomic E-state index is 12.7. The lowest BCUT2D eigenvalue weighted by atomic mass is 10.0. The van der Waals surface area contributed by atoms with Gasteiger partial charge in [0.15, 0.2) is 0 Å². The minimum Gasteiger partial charge on any atom is -0.368 e. The van der Waals surface area contributed by atoms with Crippen LogP contribution in [0.2, 0.25) is 5.02 Å². The summed E-state index contributed by atoms with van der Waals surface area (Å²) in [5.41, 5.74) is 5.35. The van der Waals surface area contributed by atoms with Crippen LogP contribution < -0.4 is 11.1 Å². The highest BCUT2D eigenvalue weighted by Crippen LogP contribution is 2.29. The third-order valence-corrected chi connectivity index (χ3v) is 3.86. The van der Waals surface area contributed by atoms with E-state index >= 15 is 0 Å². The molecule has 2 rings (SSSR count). The summed E-state index contributed by atoms with van der Waals surface area (Å²) >= 11 is 5.88. The van der Waals surface area contributed by atoms with Crippen molar-refractivity contribution in [1.29, 1.82) is 0 Å². The summed E-state index contributed by atoms with van der Waals surface area (Å²) in [6, 6.07) is 10.2. The van der Waals surface area contributed by atoms with E-state index < -0.39 is 29.6 Å². The topological polar surface area (TPSA) is 72.2 Å². The molecule has 2 aromatic carbocycles. The van der Waals surface area contributed by atoms with Crippen LogP contribution in [-0.2, 0) is 28.6 Å². The highest BCUT2D eigenvalue weighted by molar-refractivity contribution is 6.30. The Hall–Kier alpha value is -2.54. The Kier molecular flexibility index (Phi) is 6.26. The van der Waals surface area contributed by atoms with Crippen molar-refractivity contribution in [3.05, 3.63) is 70.2 Å². The first-order valence-electron chi connectivity index (χ1n) is 7.64. The number of hydrogen-bond acceptors (Lipinski definition) is 2. The normalized spacial score (nSPS) is 12.5. The second-order valence-corrected chi connectivity index (χ2v) is 6.17. The maximum atomic E-state index is 12.7. The number of nitrogens with two attached hydrogens (primary N) is 1. The quantitative estimate of drug-likeness (QED) is 0.803. The predicted octanol–water partition coefficient (Wildman–Crippen LogP) is 3.11. The van der Waals surface area contributed by atoms with Crippen molar-refractivity contribution < 1.29 is 22.8 Å². The molecule has 0 radical (unpaired) electrons. The predicted molar refractivity (Wildman–Crippen MR) is 91.4 cm³/mol. The van der Waals surface area contributed by atoms with Gasteiger partial charge in [0.1, 0.15) is 6.04 Å². The molecule has 0 saturated carbocycles. The zero-order valence-corrected chi connectivity index (χ0v) is 14.3. The van der Waals surface area contributed by atoms with Crippen molar-refractivity contribution in [2.45, 2.75) is 25.1 Å². The van der Waals surface area contributed by atoms with Crippen LogP contribution in [0, 0.1) is 0 Å². The minimum absolute atomic E-state index is 0.129. The molecular weight excluding hydrogens is 369 g/mol. The molecular formula is C18H16ClF3N2O2. The largest absolute Gasteiger partial charge is 0.416 e. The van der Waals surface area contributed by atoms with Gasteiger partial charge in [0, 0.05) is 11.4 Å². The molecule has 0 aliphatic heterocycles. The number of hydrogen-bond donors (Lipinski definition) is 2. The Morgan fingerprint density at radius 2 is 1.73 bits per heavy atom. The second-order valence-electron chi connectivity index (χ2n) is 5.73. The molecule has 0 fully saturated rings. The van der Waals surface area contributed by atoms with E-state index in [0.717, 1.165) is 12.1 Å². The van der Waals surface area contributed by atoms with Gasteiger partial charge in [-0.25, -0.2) is 0 Å². The average Bonchev–Trinajstić information content (AvgIpc) is 2.53. The first-order chi connectivity index (χ1) is 12.1. The molecule has 2 amide bonds. The van der Waals surface area contributed by atoms with Crippen molar-refractivity contribution in [2.75, 3.05) is 0 Å². The number of amides is 2. The Morgan fingerprint density at radius 1 is 1.08 bits per heavy atom. The van der Waals surface area contributed by atoms with E-state index in [2.05, 4.69) is 5.32 Å². The highest BCUT2D eigenvalue weighted by atomic mass is 35.5. The number of carbonyl (C=O) groups excluding carboxylic acids is 2. The van der Waals surface area contributed by atoms with Gasteiger partial charge in [-0.1, -0.05) is 41.9 Å². The van der Waals surface area contributed by atoms with Crippen molar-refractivity contribution in [3.8, 4) is 0 Å². The van der Waals surface area contributed by atoms with E-state index in [9.17, 15) is 22.8 Å². The average molecular weight is 385 g/mol. The van der Waals surface area contributed by atoms with Crippen LogP contribution in [0.3, 0.4) is 0 Å². The van der Waals surface area contributed by atoms with Gasteiger partial charge >= 0.3 is 6.18 Å². The van der Waals surface area contributed by atoms with Crippen LogP contribution in [0.4, 0.5) is 13.2 Å². The number of carbonyl (C=O) groups is 2. The van der Waals surface area contributed by atoms with Crippen LogP contribution in [0.25, 0.3) is 0 Å². The lowest BCUT2D eigenvalue weighted by Crippen LogP contribution is -2.46. The molecule has 0 spiro atoms. The number of primary amides is 1. The van der Waals surface area contributed by atoms with Crippen molar-refractivity contribution in [3.63, 3.8) is 0 Å². The molecule has 0 heterocycles. The Balaban J connectivity index is 2.05. The zero-order valence-electron chi connectivity index (χ0n) is 13.5. The van der Waals surface area contributed by atoms with E-state index in [1.54, 1.807) is 24.3 Å². The molecule has 138 valence electrons. The molecule has 4 nitrogen and oxygen atoms in total. The molecule has 0 aromatic heterocycles. The van der Waals surface area contributed by atoms with Crippen LogP contribution in [-0.4, -0.2) is 17.9 Å². The summed E-state index contributed by atoms with van der Waals surface area (Å²) in [5, 5.41) is 2.93. The van der Waals surface area contributed by atoms with Crippen molar-refractivity contribution >= 4 is 23.4 Å². The first kappa shape index (κ1) is 19.8. The summed E-state index contributed by atoms with van der Waals surface area (Å²) < 4.78 is 38.2. The number of rotatable bonds is 6. The highest BCUT2D eigenvalue weighted by Gasteiger charge is 2.30. The number of alkyl halides is 3. The molecule has 0 aliphatic rings. The van der Waals surface area contributed by atoms with E-state index in [-0.39, 0.29) is 18.4 Å². The molecule has 2 aromatic rings. The van der Waals surface area contributed by atoms with E-state index in [1.165, 1.54) is 12.1 Å². The van der Waals surface area contributed by atoms with Gasteiger partial charge in [-0.2, -0.15) is 13.2 Å². The molecule has 0 saturated heterocycles. The third kappa shape index (κ3) is 5.77. The fourth-order valence-corrected chi connectivity index (χ4v) is 2.62. The monoisotopic (exact) mass is 384 g/mol. The van der Waals surface area contributed by atoms with Crippen LogP contribution in [0.15, 0.2) is 48.5 Å². The summed E-state index contributed by atoms with van der Waals surface area (Å²) in [7, 11) is 0. The number of nitrogens with one attached hydrogen (secondary N) is 1. The maximum Gasteiger partial charge on any atom is 0.416 e. The fraction of sp³-hybridized carbons (Fsp3) is 0.222. The molecule has 0 unspecified atom stereocenters. The first-order valence-corrected chi connectivity index (χ1v) is 8.02. The molecule has 8 heteroatoms. The summed E-state index contributed by atoms with van der Waals surface area (Å²) in [6.45, 7) is 0. The molecule has 3 N–H and O–H groups in total. The summed E-state index contributed by atoms with van der Waals surface area (Å²) in [4.78, 5) is 23.7. The fourth-order valence-electron chi connectivity index (χ4n) is 2.41. The summed E-state index contributed by atoms with van der Waals surface area (Å²) in [6.07, 6.45) is -4.66. The van der Waals surface area contributed by atoms with Gasteiger partial charge < -0.3 is 11.1 Å². The smallest absolute Gasteiger partial charge is 0.368 e. The van der Waals surface area contributed by atoms with E-state index in [4.69, 9.17) is 17.3 Å². The lowest BCUT2D eigenvalue weighted by Gasteiger charge is -2.16. The SMILES string of the molecule is NC(=O)[C@H](Cc1cccc(Cl)c1)NC(=O)Cc1cccc(C(F)(F)F)c1. The zero-order chi connectivity index (χ0) is 19.3. The second kappa shape index (κ2) is 8.23. The van der Waals surface area contributed by atoms with Crippen LogP contribution in [0.1, 0.15) is 16.7 Å². The van der Waals surface area contributed by atoms with Gasteiger partial charge in [-0.15, -0.1) is 0 Å². The Labute approximate surface area is 153 Å². The van der Waals surface area contributed by atoms with E-state index in [0.29, 0.717) is 10.6 Å².